The molecule has 0 aliphatic rings. The number of nitrogens with one attached hydrogen (secondary N) is 1. The Balaban J connectivity index is 2.53. The highest BCUT2D eigenvalue weighted by atomic mass is 79.9. The maximum absolute atomic E-state index is 13.3. The van der Waals surface area contributed by atoms with Gasteiger partial charge in [-0.25, -0.2) is 8.78 Å². The molecule has 1 atom stereocenters. The van der Waals surface area contributed by atoms with Crippen LogP contribution in [0.1, 0.15) is 25.3 Å². The second-order valence-corrected chi connectivity index (χ2v) is 4.49. The van der Waals surface area contributed by atoms with Crippen molar-refractivity contribution in [2.45, 2.75) is 32.4 Å². The van der Waals surface area contributed by atoms with E-state index in [1.54, 1.807) is 0 Å². The monoisotopic (exact) mass is 291 g/mol. The summed E-state index contributed by atoms with van der Waals surface area (Å²) in [6.07, 6.45) is 1.99. The largest absolute Gasteiger partial charge is 0.310 e. The maximum atomic E-state index is 13.3. The van der Waals surface area contributed by atoms with E-state index in [9.17, 15) is 8.78 Å². The topological polar surface area (TPSA) is 12.0 Å². The summed E-state index contributed by atoms with van der Waals surface area (Å²) >= 11 is 3.38. The average molecular weight is 292 g/mol. The summed E-state index contributed by atoms with van der Waals surface area (Å²) in [5.74, 6) is -1.02. The molecule has 0 bridgehead atoms. The molecule has 0 spiro atoms. The Morgan fingerprint density at radius 2 is 2.12 bits per heavy atom. The van der Waals surface area contributed by atoms with Crippen molar-refractivity contribution >= 4 is 15.9 Å². The minimum atomic E-state index is -0.534. The van der Waals surface area contributed by atoms with E-state index in [1.165, 1.54) is 12.1 Å². The van der Waals surface area contributed by atoms with Gasteiger partial charge in [-0.3, -0.25) is 0 Å². The Morgan fingerprint density at radius 3 is 2.69 bits per heavy atom. The third-order valence-electron chi connectivity index (χ3n) is 2.55. The zero-order chi connectivity index (χ0) is 12.0. The van der Waals surface area contributed by atoms with Gasteiger partial charge in [0.15, 0.2) is 0 Å². The fraction of sp³-hybridized carbons (Fsp3) is 0.500. The highest BCUT2D eigenvalue weighted by Gasteiger charge is 2.07. The predicted octanol–water partition coefficient (Wildman–Crippen LogP) is 3.62. The van der Waals surface area contributed by atoms with Gasteiger partial charge in [-0.15, -0.1) is 0 Å². The highest BCUT2D eigenvalue weighted by Crippen LogP contribution is 2.10. The van der Waals surface area contributed by atoms with Gasteiger partial charge in [-0.1, -0.05) is 28.9 Å². The fourth-order valence-electron chi connectivity index (χ4n) is 1.50. The lowest BCUT2D eigenvalue weighted by Crippen LogP contribution is -2.28. The van der Waals surface area contributed by atoms with Crippen LogP contribution in [0.4, 0.5) is 8.78 Å². The minimum Gasteiger partial charge on any atom is -0.310 e. The number of halogens is 3. The van der Waals surface area contributed by atoms with Crippen LogP contribution in [0.5, 0.6) is 0 Å². The van der Waals surface area contributed by atoms with Gasteiger partial charge in [0.1, 0.15) is 11.6 Å². The Hall–Kier alpha value is -0.480. The molecule has 0 aliphatic carbocycles. The Labute approximate surface area is 103 Å². The van der Waals surface area contributed by atoms with Gasteiger partial charge in [-0.05, 0) is 18.9 Å². The number of benzene rings is 1. The van der Waals surface area contributed by atoms with E-state index < -0.39 is 11.6 Å². The summed E-state index contributed by atoms with van der Waals surface area (Å²) in [5.41, 5.74) is 0.509. The van der Waals surface area contributed by atoms with Crippen molar-refractivity contribution in [3.63, 3.8) is 0 Å². The molecule has 90 valence electrons. The summed E-state index contributed by atoms with van der Waals surface area (Å²) in [7, 11) is 0. The molecule has 0 aliphatic heterocycles. The van der Waals surface area contributed by atoms with Gasteiger partial charge >= 0.3 is 0 Å². The van der Waals surface area contributed by atoms with Crippen LogP contribution in [-0.4, -0.2) is 11.4 Å². The third kappa shape index (κ3) is 4.18. The second kappa shape index (κ2) is 6.97. The van der Waals surface area contributed by atoms with Gasteiger partial charge in [0.05, 0.1) is 0 Å². The normalized spacial score (nSPS) is 12.8. The molecule has 1 unspecified atom stereocenters. The highest BCUT2D eigenvalue weighted by molar-refractivity contribution is 9.09. The van der Waals surface area contributed by atoms with E-state index >= 15 is 0 Å². The molecule has 4 heteroatoms. The van der Waals surface area contributed by atoms with Gasteiger partial charge < -0.3 is 5.32 Å². The van der Waals surface area contributed by atoms with Crippen molar-refractivity contribution in [3.8, 4) is 0 Å². The van der Waals surface area contributed by atoms with Gasteiger partial charge in [-0.2, -0.15) is 0 Å². The zero-order valence-electron chi connectivity index (χ0n) is 9.27. The molecule has 0 fully saturated rings. The Kier molecular flexibility index (Phi) is 5.91. The van der Waals surface area contributed by atoms with Crippen molar-refractivity contribution in [2.24, 2.45) is 0 Å². The summed E-state index contributed by atoms with van der Waals surface area (Å²) in [6.45, 7) is 2.53. The van der Waals surface area contributed by atoms with E-state index in [1.807, 2.05) is 0 Å². The van der Waals surface area contributed by atoms with Crippen LogP contribution in [-0.2, 0) is 6.54 Å². The summed E-state index contributed by atoms with van der Waals surface area (Å²) in [4.78, 5) is 0. The molecule has 1 N–H and O–H groups in total. The molecule has 0 amide bonds. The van der Waals surface area contributed by atoms with Crippen molar-refractivity contribution in [1.29, 1.82) is 0 Å². The predicted molar refractivity (Wildman–Crippen MR) is 65.7 cm³/mol. The van der Waals surface area contributed by atoms with Crippen LogP contribution in [0.15, 0.2) is 18.2 Å². The van der Waals surface area contributed by atoms with Crippen LogP contribution < -0.4 is 5.32 Å². The molecule has 0 radical (unpaired) electrons. The number of rotatable bonds is 6. The lowest BCUT2D eigenvalue weighted by atomic mass is 10.1. The van der Waals surface area contributed by atoms with Crippen LogP contribution in [0.2, 0.25) is 0 Å². The number of hydrogen-bond acceptors (Lipinski definition) is 1. The van der Waals surface area contributed by atoms with Crippen LogP contribution in [0, 0.1) is 11.6 Å². The maximum Gasteiger partial charge on any atom is 0.130 e. The molecule has 1 rings (SSSR count). The van der Waals surface area contributed by atoms with Gasteiger partial charge in [0.2, 0.25) is 0 Å². The van der Waals surface area contributed by atoms with E-state index in [2.05, 4.69) is 28.2 Å². The van der Waals surface area contributed by atoms with Crippen molar-refractivity contribution in [1.82, 2.24) is 5.32 Å². The first-order chi connectivity index (χ1) is 7.67. The first-order valence-electron chi connectivity index (χ1n) is 5.40. The number of hydrogen-bond donors (Lipinski definition) is 1. The first-order valence-corrected chi connectivity index (χ1v) is 6.52. The fourth-order valence-corrected chi connectivity index (χ4v) is 2.05. The van der Waals surface area contributed by atoms with Gasteiger partial charge in [0, 0.05) is 29.5 Å². The number of alkyl halides is 1. The Bertz CT molecular complexity index is 331. The average Bonchev–Trinajstić information content (AvgIpc) is 2.26. The van der Waals surface area contributed by atoms with Crippen molar-refractivity contribution in [3.05, 3.63) is 35.4 Å². The second-order valence-electron chi connectivity index (χ2n) is 3.70. The third-order valence-corrected chi connectivity index (χ3v) is 3.00. The van der Waals surface area contributed by atoms with Crippen LogP contribution >= 0.6 is 15.9 Å². The van der Waals surface area contributed by atoms with E-state index in [0.29, 0.717) is 18.2 Å². The zero-order valence-corrected chi connectivity index (χ0v) is 10.9. The van der Waals surface area contributed by atoms with E-state index in [-0.39, 0.29) is 0 Å². The molecule has 0 heterocycles. The van der Waals surface area contributed by atoms with E-state index in [0.717, 1.165) is 24.2 Å². The smallest absolute Gasteiger partial charge is 0.130 e. The SMILES string of the molecule is CCC(CCBr)NCc1ccc(F)cc1F. The Morgan fingerprint density at radius 1 is 1.38 bits per heavy atom. The molecule has 0 saturated heterocycles. The van der Waals surface area contributed by atoms with Crippen LogP contribution in [0.3, 0.4) is 0 Å². The minimum absolute atomic E-state index is 0.365. The first kappa shape index (κ1) is 13.6. The molecular weight excluding hydrogens is 276 g/mol. The van der Waals surface area contributed by atoms with Crippen molar-refractivity contribution in [2.75, 3.05) is 5.33 Å². The molecule has 0 saturated carbocycles. The lowest BCUT2D eigenvalue weighted by Gasteiger charge is -2.15. The lowest BCUT2D eigenvalue weighted by molar-refractivity contribution is 0.476. The molecule has 1 nitrogen and oxygen atoms in total. The molecular formula is C12H16BrF2N. The van der Waals surface area contributed by atoms with Crippen LogP contribution in [0.25, 0.3) is 0 Å². The summed E-state index contributed by atoms with van der Waals surface area (Å²) in [6, 6.07) is 4.05. The quantitative estimate of drug-likeness (QED) is 0.790. The van der Waals surface area contributed by atoms with Crippen molar-refractivity contribution < 1.29 is 8.78 Å². The molecule has 1 aromatic carbocycles. The summed E-state index contributed by atoms with van der Waals surface area (Å²) < 4.78 is 26.0. The van der Waals surface area contributed by atoms with Gasteiger partial charge in [0.25, 0.3) is 0 Å². The molecule has 0 aromatic heterocycles. The van der Waals surface area contributed by atoms with E-state index in [4.69, 9.17) is 0 Å². The molecule has 16 heavy (non-hydrogen) atoms. The standard InChI is InChI=1S/C12H16BrF2N/c1-2-11(5-6-13)16-8-9-3-4-10(14)7-12(9)15/h3-4,7,11,16H,2,5-6,8H2,1H3. The summed E-state index contributed by atoms with van der Waals surface area (Å²) in [5, 5.41) is 4.18. The molecule has 1 aromatic rings.